The van der Waals surface area contributed by atoms with Crippen LogP contribution in [0.5, 0.6) is 5.75 Å². The van der Waals surface area contributed by atoms with Crippen LogP contribution in [0.2, 0.25) is 5.02 Å². The van der Waals surface area contributed by atoms with E-state index >= 15 is 0 Å². The van der Waals surface area contributed by atoms with Gasteiger partial charge in [-0.3, -0.25) is 0 Å². The number of hydrogen-bond acceptors (Lipinski definition) is 2. The molecule has 1 heterocycles. The van der Waals surface area contributed by atoms with Crippen LogP contribution < -0.4 is 5.32 Å². The quantitative estimate of drug-likeness (QED) is 0.787. The van der Waals surface area contributed by atoms with Crippen LogP contribution in [0.3, 0.4) is 0 Å². The number of nitrogens with one attached hydrogen (secondary N) is 1. The van der Waals surface area contributed by atoms with E-state index in [1.54, 1.807) is 18.2 Å². The van der Waals surface area contributed by atoms with Gasteiger partial charge >= 0.3 is 0 Å². The summed E-state index contributed by atoms with van der Waals surface area (Å²) < 4.78 is 0. The molecule has 0 saturated carbocycles. The predicted octanol–water partition coefficient (Wildman–Crippen LogP) is 2.34. The van der Waals surface area contributed by atoms with Gasteiger partial charge in [-0.05, 0) is 49.6 Å². The molecule has 1 aliphatic heterocycles. The second-order valence-corrected chi connectivity index (χ2v) is 4.18. The largest absolute Gasteiger partial charge is 0.508 e. The standard InChI is InChI=1S/C11H14ClNO/c12-11-4-3-10(14)7-8(11)6-9-2-1-5-13-9/h3-4,7,9,13-14H,1-2,5-6H2. The predicted molar refractivity (Wildman–Crippen MR) is 57.8 cm³/mol. The average Bonchev–Trinajstić information content (AvgIpc) is 2.64. The van der Waals surface area contributed by atoms with Crippen LogP contribution in [0, 0.1) is 0 Å². The fourth-order valence-corrected chi connectivity index (χ4v) is 2.11. The maximum Gasteiger partial charge on any atom is 0.115 e. The molecule has 0 radical (unpaired) electrons. The maximum absolute atomic E-state index is 9.33. The summed E-state index contributed by atoms with van der Waals surface area (Å²) >= 11 is 6.04. The molecule has 0 aliphatic carbocycles. The maximum atomic E-state index is 9.33. The van der Waals surface area contributed by atoms with Crippen molar-refractivity contribution in [1.82, 2.24) is 5.32 Å². The third-order valence-electron chi connectivity index (χ3n) is 2.66. The monoisotopic (exact) mass is 211 g/mol. The third-order valence-corrected chi connectivity index (χ3v) is 3.03. The molecule has 0 amide bonds. The molecule has 1 unspecified atom stereocenters. The Morgan fingerprint density at radius 1 is 1.50 bits per heavy atom. The van der Waals surface area contributed by atoms with E-state index in [-0.39, 0.29) is 0 Å². The van der Waals surface area contributed by atoms with Crippen LogP contribution in [0.15, 0.2) is 18.2 Å². The first kappa shape index (κ1) is 9.81. The normalized spacial score (nSPS) is 21.4. The molecule has 3 heteroatoms. The minimum Gasteiger partial charge on any atom is -0.508 e. The Kier molecular flexibility index (Phi) is 2.94. The van der Waals surface area contributed by atoms with Crippen molar-refractivity contribution < 1.29 is 5.11 Å². The van der Waals surface area contributed by atoms with Gasteiger partial charge in [0.05, 0.1) is 0 Å². The highest BCUT2D eigenvalue weighted by Crippen LogP contribution is 2.23. The van der Waals surface area contributed by atoms with Crippen LogP contribution in [0.1, 0.15) is 18.4 Å². The Morgan fingerprint density at radius 3 is 3.07 bits per heavy atom. The summed E-state index contributed by atoms with van der Waals surface area (Å²) in [5.74, 6) is 0.294. The zero-order chi connectivity index (χ0) is 9.97. The summed E-state index contributed by atoms with van der Waals surface area (Å²) in [6.45, 7) is 1.10. The second kappa shape index (κ2) is 4.20. The molecule has 1 saturated heterocycles. The molecule has 1 aromatic rings. The summed E-state index contributed by atoms with van der Waals surface area (Å²) in [6, 6.07) is 5.64. The number of hydrogen-bond donors (Lipinski definition) is 2. The summed E-state index contributed by atoms with van der Waals surface area (Å²) in [7, 11) is 0. The molecule has 0 aromatic heterocycles. The Morgan fingerprint density at radius 2 is 2.36 bits per heavy atom. The van der Waals surface area contributed by atoms with Gasteiger partial charge in [0.25, 0.3) is 0 Å². The molecule has 1 aliphatic rings. The number of halogens is 1. The number of rotatable bonds is 2. The van der Waals surface area contributed by atoms with Gasteiger partial charge in [-0.1, -0.05) is 11.6 Å². The zero-order valence-corrected chi connectivity index (χ0v) is 8.72. The van der Waals surface area contributed by atoms with Gasteiger partial charge in [-0.25, -0.2) is 0 Å². The van der Waals surface area contributed by atoms with Gasteiger partial charge in [0.1, 0.15) is 5.75 Å². The first-order chi connectivity index (χ1) is 6.75. The zero-order valence-electron chi connectivity index (χ0n) is 7.96. The lowest BCUT2D eigenvalue weighted by Gasteiger charge is -2.11. The second-order valence-electron chi connectivity index (χ2n) is 3.77. The lowest BCUT2D eigenvalue weighted by molar-refractivity contribution is 0.474. The number of phenolic OH excluding ortho intramolecular Hbond substituents is 1. The topological polar surface area (TPSA) is 32.3 Å². The smallest absolute Gasteiger partial charge is 0.115 e. The van der Waals surface area contributed by atoms with Crippen molar-refractivity contribution in [2.24, 2.45) is 0 Å². The molecular weight excluding hydrogens is 198 g/mol. The SMILES string of the molecule is Oc1ccc(Cl)c(CC2CCCN2)c1. The van der Waals surface area contributed by atoms with Gasteiger partial charge in [-0.15, -0.1) is 0 Å². The van der Waals surface area contributed by atoms with E-state index in [2.05, 4.69) is 5.32 Å². The van der Waals surface area contributed by atoms with Crippen LogP contribution in [-0.4, -0.2) is 17.7 Å². The highest BCUT2D eigenvalue weighted by atomic mass is 35.5. The fourth-order valence-electron chi connectivity index (χ4n) is 1.91. The van der Waals surface area contributed by atoms with Gasteiger partial charge in [0, 0.05) is 11.1 Å². The summed E-state index contributed by atoms with van der Waals surface area (Å²) in [5, 5.41) is 13.5. The van der Waals surface area contributed by atoms with E-state index in [1.807, 2.05) is 0 Å². The number of benzene rings is 1. The van der Waals surface area contributed by atoms with Crippen molar-refractivity contribution in [2.45, 2.75) is 25.3 Å². The van der Waals surface area contributed by atoms with Crippen molar-refractivity contribution in [3.05, 3.63) is 28.8 Å². The Labute approximate surface area is 88.9 Å². The minimum atomic E-state index is 0.294. The van der Waals surface area contributed by atoms with Gasteiger partial charge < -0.3 is 10.4 Å². The number of phenols is 1. The van der Waals surface area contributed by atoms with E-state index < -0.39 is 0 Å². The van der Waals surface area contributed by atoms with Crippen molar-refractivity contribution in [1.29, 1.82) is 0 Å². The molecule has 1 fully saturated rings. The number of aromatic hydroxyl groups is 1. The molecule has 1 aromatic carbocycles. The summed E-state index contributed by atoms with van der Waals surface area (Å²) in [6.07, 6.45) is 3.35. The Hall–Kier alpha value is -0.730. The van der Waals surface area contributed by atoms with Crippen LogP contribution in [-0.2, 0) is 6.42 Å². The highest BCUT2D eigenvalue weighted by molar-refractivity contribution is 6.31. The van der Waals surface area contributed by atoms with Gasteiger partial charge in [-0.2, -0.15) is 0 Å². The molecule has 0 spiro atoms. The first-order valence-electron chi connectivity index (χ1n) is 4.96. The van der Waals surface area contributed by atoms with Crippen molar-refractivity contribution in [2.75, 3.05) is 6.54 Å². The van der Waals surface area contributed by atoms with E-state index in [4.69, 9.17) is 11.6 Å². The first-order valence-corrected chi connectivity index (χ1v) is 5.34. The van der Waals surface area contributed by atoms with Crippen LogP contribution in [0.25, 0.3) is 0 Å². The lowest BCUT2D eigenvalue weighted by atomic mass is 10.0. The van der Waals surface area contributed by atoms with Gasteiger partial charge in [0.15, 0.2) is 0 Å². The van der Waals surface area contributed by atoms with Crippen LogP contribution >= 0.6 is 11.6 Å². The highest BCUT2D eigenvalue weighted by Gasteiger charge is 2.15. The van der Waals surface area contributed by atoms with Crippen molar-refractivity contribution in [3.63, 3.8) is 0 Å². The lowest BCUT2D eigenvalue weighted by Crippen LogP contribution is -2.23. The van der Waals surface area contributed by atoms with E-state index in [0.717, 1.165) is 23.6 Å². The van der Waals surface area contributed by atoms with E-state index in [0.29, 0.717) is 11.8 Å². The molecular formula is C11H14ClNO. The van der Waals surface area contributed by atoms with E-state index in [9.17, 15) is 5.11 Å². The van der Waals surface area contributed by atoms with Crippen molar-refractivity contribution in [3.8, 4) is 5.75 Å². The minimum absolute atomic E-state index is 0.294. The van der Waals surface area contributed by atoms with Gasteiger partial charge in [0.2, 0.25) is 0 Å². The molecule has 1 atom stereocenters. The van der Waals surface area contributed by atoms with Crippen LogP contribution in [0.4, 0.5) is 0 Å². The van der Waals surface area contributed by atoms with E-state index in [1.165, 1.54) is 12.8 Å². The fraction of sp³-hybridized carbons (Fsp3) is 0.455. The Bertz CT molecular complexity index is 321. The molecule has 14 heavy (non-hydrogen) atoms. The molecule has 0 bridgehead atoms. The Balaban J connectivity index is 2.10. The molecule has 76 valence electrons. The summed E-state index contributed by atoms with van der Waals surface area (Å²) in [5.41, 5.74) is 1.03. The average molecular weight is 212 g/mol. The molecule has 2 rings (SSSR count). The summed E-state index contributed by atoms with van der Waals surface area (Å²) in [4.78, 5) is 0. The molecule has 2 nitrogen and oxygen atoms in total. The van der Waals surface area contributed by atoms with Crippen molar-refractivity contribution >= 4 is 11.6 Å². The third kappa shape index (κ3) is 2.20. The molecule has 2 N–H and O–H groups in total.